The Labute approximate surface area is 154 Å². The Morgan fingerprint density at radius 3 is 2.48 bits per heavy atom. The topological polar surface area (TPSA) is 67.6 Å². The van der Waals surface area contributed by atoms with Crippen molar-refractivity contribution in [3.8, 4) is 0 Å². The summed E-state index contributed by atoms with van der Waals surface area (Å²) < 4.78 is 45.9. The number of amides is 1. The molecule has 0 bridgehead atoms. The number of ether oxygens (including phenoxy) is 1. The van der Waals surface area contributed by atoms with Crippen LogP contribution in [0.4, 0.5) is 30.2 Å². The first-order valence-corrected chi connectivity index (χ1v) is 8.47. The van der Waals surface area contributed by atoms with Gasteiger partial charge in [-0.2, -0.15) is 13.2 Å². The van der Waals surface area contributed by atoms with E-state index in [9.17, 15) is 18.0 Å². The summed E-state index contributed by atoms with van der Waals surface area (Å²) in [5.74, 6) is -0.628. The number of rotatable bonds is 3. The summed E-state index contributed by atoms with van der Waals surface area (Å²) in [7, 11) is 0. The van der Waals surface area contributed by atoms with E-state index in [2.05, 4.69) is 5.32 Å². The average Bonchev–Trinajstić information content (AvgIpc) is 2.64. The van der Waals surface area contributed by atoms with Crippen molar-refractivity contribution in [3.05, 3.63) is 53.1 Å². The fourth-order valence-electron chi connectivity index (χ4n) is 2.91. The van der Waals surface area contributed by atoms with Gasteiger partial charge in [-0.25, -0.2) is 0 Å². The molecule has 3 rings (SSSR count). The normalized spacial score (nSPS) is 14.9. The second-order valence-corrected chi connectivity index (χ2v) is 6.35. The minimum Gasteiger partial charge on any atom is -0.398 e. The van der Waals surface area contributed by atoms with Gasteiger partial charge in [0.25, 0.3) is 5.91 Å². The van der Waals surface area contributed by atoms with Gasteiger partial charge in [0.2, 0.25) is 0 Å². The first kappa shape index (κ1) is 19.0. The molecule has 2 aromatic carbocycles. The monoisotopic (exact) mass is 379 g/mol. The maximum Gasteiger partial charge on any atom is 0.418 e. The van der Waals surface area contributed by atoms with Gasteiger partial charge in [0.05, 0.1) is 18.8 Å². The number of carbonyl (C=O) groups is 1. The van der Waals surface area contributed by atoms with E-state index >= 15 is 0 Å². The highest BCUT2D eigenvalue weighted by Gasteiger charge is 2.36. The Balaban J connectivity index is 1.89. The van der Waals surface area contributed by atoms with Gasteiger partial charge < -0.3 is 20.7 Å². The van der Waals surface area contributed by atoms with Gasteiger partial charge in [-0.05, 0) is 42.8 Å². The molecule has 0 aliphatic carbocycles. The van der Waals surface area contributed by atoms with Gasteiger partial charge in [0, 0.05) is 35.7 Å². The molecule has 1 fully saturated rings. The van der Waals surface area contributed by atoms with Crippen molar-refractivity contribution < 1.29 is 22.7 Å². The first-order chi connectivity index (χ1) is 12.8. The maximum absolute atomic E-state index is 13.6. The zero-order chi connectivity index (χ0) is 19.6. The van der Waals surface area contributed by atoms with Crippen LogP contribution in [0.25, 0.3) is 0 Å². The zero-order valence-electron chi connectivity index (χ0n) is 14.8. The summed E-state index contributed by atoms with van der Waals surface area (Å²) in [5.41, 5.74) is 6.72. The minimum atomic E-state index is -4.57. The number of morpholine rings is 1. The first-order valence-electron chi connectivity index (χ1n) is 8.47. The predicted octanol–water partition coefficient (Wildman–Crippen LogP) is 3.68. The lowest BCUT2D eigenvalue weighted by Gasteiger charge is -2.31. The highest BCUT2D eigenvalue weighted by Crippen LogP contribution is 2.37. The van der Waals surface area contributed by atoms with Gasteiger partial charge in [-0.3, -0.25) is 4.79 Å². The number of carbonyl (C=O) groups excluding carboxylic acids is 1. The summed E-state index contributed by atoms with van der Waals surface area (Å²) in [4.78, 5) is 14.0. The van der Waals surface area contributed by atoms with Crippen LogP contribution in [0, 0.1) is 6.92 Å². The number of aryl methyl sites for hydroxylation is 1. The third-order valence-corrected chi connectivity index (χ3v) is 4.45. The van der Waals surface area contributed by atoms with Crippen LogP contribution in [0.1, 0.15) is 21.5 Å². The Morgan fingerprint density at radius 2 is 1.85 bits per heavy atom. The van der Waals surface area contributed by atoms with Gasteiger partial charge in [0.15, 0.2) is 0 Å². The Morgan fingerprint density at radius 1 is 1.15 bits per heavy atom. The molecule has 0 atom stereocenters. The summed E-state index contributed by atoms with van der Waals surface area (Å²) in [6.45, 7) is 3.30. The van der Waals surface area contributed by atoms with Crippen LogP contribution < -0.4 is 16.0 Å². The van der Waals surface area contributed by atoms with E-state index < -0.39 is 17.6 Å². The third-order valence-electron chi connectivity index (χ3n) is 4.45. The Hall–Kier alpha value is -2.74. The highest BCUT2D eigenvalue weighted by molar-refractivity contribution is 6.05. The van der Waals surface area contributed by atoms with Crippen LogP contribution in [-0.2, 0) is 10.9 Å². The molecule has 0 saturated carbocycles. The number of nitrogens with one attached hydrogen (secondary N) is 1. The highest BCUT2D eigenvalue weighted by atomic mass is 19.4. The van der Waals surface area contributed by atoms with Crippen molar-refractivity contribution in [2.45, 2.75) is 13.1 Å². The molecule has 144 valence electrons. The minimum absolute atomic E-state index is 0.0573. The van der Waals surface area contributed by atoms with E-state index in [4.69, 9.17) is 10.5 Å². The number of benzene rings is 2. The van der Waals surface area contributed by atoms with Crippen molar-refractivity contribution in [2.24, 2.45) is 0 Å². The molecule has 1 amide bonds. The van der Waals surface area contributed by atoms with Gasteiger partial charge in [-0.15, -0.1) is 0 Å². The average molecular weight is 379 g/mol. The molecular weight excluding hydrogens is 359 g/mol. The predicted molar refractivity (Wildman–Crippen MR) is 98.0 cm³/mol. The second kappa shape index (κ2) is 7.48. The van der Waals surface area contributed by atoms with Crippen LogP contribution in [-0.4, -0.2) is 32.2 Å². The summed E-state index contributed by atoms with van der Waals surface area (Å²) in [6, 6.07) is 8.57. The van der Waals surface area contributed by atoms with Crippen LogP contribution in [0.3, 0.4) is 0 Å². The fraction of sp³-hybridized carbons (Fsp3) is 0.316. The summed E-state index contributed by atoms with van der Waals surface area (Å²) >= 11 is 0. The lowest BCUT2D eigenvalue weighted by Crippen LogP contribution is -2.37. The SMILES string of the molecule is Cc1ccc(NC(=O)c2ccc(N3CCOCC3)c(C(F)(F)F)c2)cc1N. The van der Waals surface area contributed by atoms with Gasteiger partial charge >= 0.3 is 6.18 Å². The van der Waals surface area contributed by atoms with Crippen LogP contribution >= 0.6 is 0 Å². The Kier molecular flexibility index (Phi) is 5.27. The van der Waals surface area contributed by atoms with Crippen molar-refractivity contribution in [1.82, 2.24) is 0 Å². The Bertz CT molecular complexity index is 847. The maximum atomic E-state index is 13.6. The van der Waals surface area contributed by atoms with Crippen molar-refractivity contribution >= 4 is 23.0 Å². The second-order valence-electron chi connectivity index (χ2n) is 6.35. The number of anilines is 3. The summed E-state index contributed by atoms with van der Waals surface area (Å²) in [5, 5.41) is 2.58. The van der Waals surface area contributed by atoms with Crippen LogP contribution in [0.15, 0.2) is 36.4 Å². The number of halogens is 3. The molecule has 1 saturated heterocycles. The lowest BCUT2D eigenvalue weighted by molar-refractivity contribution is -0.137. The largest absolute Gasteiger partial charge is 0.418 e. The van der Waals surface area contributed by atoms with Gasteiger partial charge in [-0.1, -0.05) is 6.07 Å². The van der Waals surface area contributed by atoms with E-state index in [0.717, 1.165) is 11.6 Å². The molecule has 3 N–H and O–H groups in total. The molecule has 8 heteroatoms. The standard InChI is InChI=1S/C19H20F3N3O2/c1-12-2-4-14(11-16(12)23)24-18(26)13-3-5-17(15(10-13)19(20,21)22)25-6-8-27-9-7-25/h2-5,10-11H,6-9,23H2,1H3,(H,24,26). The van der Waals surface area contributed by atoms with Crippen LogP contribution in [0.2, 0.25) is 0 Å². The van der Waals surface area contributed by atoms with E-state index in [-0.39, 0.29) is 11.3 Å². The molecule has 2 aromatic rings. The van der Waals surface area contributed by atoms with Crippen molar-refractivity contribution in [3.63, 3.8) is 0 Å². The molecule has 1 aliphatic rings. The van der Waals surface area contributed by atoms with E-state index in [1.165, 1.54) is 12.1 Å². The molecule has 5 nitrogen and oxygen atoms in total. The molecule has 27 heavy (non-hydrogen) atoms. The van der Waals surface area contributed by atoms with Crippen LogP contribution in [0.5, 0.6) is 0 Å². The van der Waals surface area contributed by atoms with E-state index in [0.29, 0.717) is 37.7 Å². The van der Waals surface area contributed by atoms with E-state index in [1.807, 2.05) is 6.92 Å². The molecule has 0 aromatic heterocycles. The smallest absolute Gasteiger partial charge is 0.398 e. The molecular formula is C19H20F3N3O2. The number of nitrogen functional groups attached to an aromatic ring is 1. The van der Waals surface area contributed by atoms with Crippen molar-refractivity contribution in [1.29, 1.82) is 0 Å². The van der Waals surface area contributed by atoms with E-state index in [1.54, 1.807) is 23.1 Å². The van der Waals surface area contributed by atoms with Crippen molar-refractivity contribution in [2.75, 3.05) is 42.3 Å². The number of hydrogen-bond donors (Lipinski definition) is 2. The summed E-state index contributed by atoms with van der Waals surface area (Å²) in [6.07, 6.45) is -4.57. The number of nitrogens with zero attached hydrogens (tertiary/aromatic N) is 1. The molecule has 0 spiro atoms. The zero-order valence-corrected chi connectivity index (χ0v) is 14.8. The third kappa shape index (κ3) is 4.33. The fourth-order valence-corrected chi connectivity index (χ4v) is 2.91. The lowest BCUT2D eigenvalue weighted by atomic mass is 10.1. The number of alkyl halides is 3. The number of nitrogens with two attached hydrogens (primary N) is 1. The number of hydrogen-bond acceptors (Lipinski definition) is 4. The molecule has 0 radical (unpaired) electrons. The quantitative estimate of drug-likeness (QED) is 0.799. The molecule has 0 unspecified atom stereocenters. The van der Waals surface area contributed by atoms with Gasteiger partial charge in [0.1, 0.15) is 0 Å². The molecule has 1 aliphatic heterocycles. The molecule has 1 heterocycles.